The molecule has 4 aromatic carbocycles. The van der Waals surface area contributed by atoms with E-state index in [4.69, 9.17) is 0 Å². The maximum absolute atomic E-state index is 14.3. The summed E-state index contributed by atoms with van der Waals surface area (Å²) in [5.74, 6) is -3.72. The molecule has 1 aliphatic heterocycles. The van der Waals surface area contributed by atoms with Gasteiger partial charge in [0.15, 0.2) is 0 Å². The van der Waals surface area contributed by atoms with Crippen LogP contribution < -0.4 is 26.6 Å². The second kappa shape index (κ2) is 21.1. The molecule has 0 saturated carbocycles. The normalized spacial score (nSPS) is 13.8. The van der Waals surface area contributed by atoms with E-state index < -0.39 is 53.7 Å². The molecule has 0 radical (unpaired) electrons. The van der Waals surface area contributed by atoms with Crippen molar-refractivity contribution in [1.82, 2.24) is 26.2 Å². The molecule has 0 fully saturated rings. The first-order chi connectivity index (χ1) is 28.9. The average molecular weight is 815 g/mol. The summed E-state index contributed by atoms with van der Waals surface area (Å²) in [7, 11) is 0. The number of nitrogens with zero attached hydrogens (tertiary/aromatic N) is 1. The van der Waals surface area contributed by atoms with E-state index >= 15 is 0 Å². The Morgan fingerprint density at radius 2 is 1.07 bits per heavy atom. The van der Waals surface area contributed by atoms with E-state index in [0.29, 0.717) is 37.9 Å². The lowest BCUT2D eigenvalue weighted by Crippen LogP contribution is -2.56. The fourth-order valence-corrected chi connectivity index (χ4v) is 6.85. The predicted molar refractivity (Wildman–Crippen MR) is 225 cm³/mol. The van der Waals surface area contributed by atoms with Gasteiger partial charge < -0.3 is 31.7 Å². The summed E-state index contributed by atoms with van der Waals surface area (Å²) in [5.41, 5.74) is 1.38. The van der Waals surface area contributed by atoms with Crippen molar-refractivity contribution < 1.29 is 38.7 Å². The highest BCUT2D eigenvalue weighted by Gasteiger charge is 2.39. The van der Waals surface area contributed by atoms with Gasteiger partial charge in [0.1, 0.15) is 29.4 Å². The van der Waals surface area contributed by atoms with Crippen molar-refractivity contribution in [3.8, 4) is 5.75 Å². The van der Waals surface area contributed by atoms with E-state index in [1.165, 1.54) is 55.2 Å². The zero-order valence-electron chi connectivity index (χ0n) is 33.6. The smallest absolute Gasteiger partial charge is 0.253 e. The summed E-state index contributed by atoms with van der Waals surface area (Å²) >= 11 is 0. The van der Waals surface area contributed by atoms with Crippen LogP contribution in [0.4, 0.5) is 5.69 Å². The zero-order chi connectivity index (χ0) is 43.1. The number of hydrogen-bond acceptors (Lipinski definition) is 8. The second-order valence-electron chi connectivity index (χ2n) is 14.5. The van der Waals surface area contributed by atoms with Crippen molar-refractivity contribution >= 4 is 47.0 Å². The number of nitrogens with one attached hydrogen (secondary N) is 5. The third-order valence-electron chi connectivity index (χ3n) is 10.1. The number of imide groups is 1. The first-order valence-electron chi connectivity index (χ1n) is 19.9. The molecule has 14 nitrogen and oxygen atoms in total. The zero-order valence-corrected chi connectivity index (χ0v) is 33.6. The van der Waals surface area contributed by atoms with Gasteiger partial charge in [-0.3, -0.25) is 38.5 Å². The van der Waals surface area contributed by atoms with Crippen molar-refractivity contribution in [3.05, 3.63) is 144 Å². The number of hydrogen-bond donors (Lipinski definition) is 6. The van der Waals surface area contributed by atoms with Gasteiger partial charge >= 0.3 is 0 Å². The lowest BCUT2D eigenvalue weighted by Gasteiger charge is -2.37. The number of rotatable bonds is 20. The molecule has 0 aliphatic carbocycles. The van der Waals surface area contributed by atoms with Gasteiger partial charge in [-0.15, -0.1) is 0 Å². The van der Waals surface area contributed by atoms with Crippen LogP contribution in [0.5, 0.6) is 5.75 Å². The van der Waals surface area contributed by atoms with Gasteiger partial charge in [0, 0.05) is 30.8 Å². The van der Waals surface area contributed by atoms with E-state index in [9.17, 15) is 38.7 Å². The van der Waals surface area contributed by atoms with Gasteiger partial charge in [-0.1, -0.05) is 104 Å². The van der Waals surface area contributed by atoms with Crippen molar-refractivity contribution in [2.24, 2.45) is 0 Å². The Bertz CT molecular complexity index is 2050. The van der Waals surface area contributed by atoms with E-state index in [1.807, 2.05) is 91.0 Å². The van der Waals surface area contributed by atoms with Gasteiger partial charge in [-0.25, -0.2) is 0 Å². The van der Waals surface area contributed by atoms with E-state index in [2.05, 4.69) is 26.6 Å². The first-order valence-corrected chi connectivity index (χ1v) is 19.9. The topological polar surface area (TPSA) is 203 Å². The van der Waals surface area contributed by atoms with E-state index in [1.54, 1.807) is 0 Å². The van der Waals surface area contributed by atoms with Crippen LogP contribution in [0.3, 0.4) is 0 Å². The molecule has 4 aromatic rings. The number of aromatic hydroxyl groups is 1. The molecule has 6 N–H and O–H groups in total. The van der Waals surface area contributed by atoms with Crippen molar-refractivity contribution in [2.75, 3.05) is 11.9 Å². The van der Waals surface area contributed by atoms with Crippen molar-refractivity contribution in [1.29, 1.82) is 0 Å². The second-order valence-corrected chi connectivity index (χ2v) is 14.5. The number of phenolic OH excluding ortho intramolecular Hbond substituents is 1. The van der Waals surface area contributed by atoms with Gasteiger partial charge in [0.05, 0.1) is 6.42 Å². The number of benzene rings is 4. The van der Waals surface area contributed by atoms with E-state index in [-0.39, 0.29) is 29.9 Å². The molecule has 1 aliphatic rings. The quantitative estimate of drug-likeness (QED) is 0.0330. The number of carbonyl (C=O) groups excluding carboxylic acids is 7. The number of anilines is 1. The minimum Gasteiger partial charge on any atom is -0.508 e. The van der Waals surface area contributed by atoms with Gasteiger partial charge in [-0.2, -0.15) is 0 Å². The molecule has 0 bridgehead atoms. The molecular formula is C46H50N6O8. The molecule has 0 aromatic heterocycles. The lowest BCUT2D eigenvalue weighted by atomic mass is 9.77. The van der Waals surface area contributed by atoms with Gasteiger partial charge in [0.25, 0.3) is 11.8 Å². The third kappa shape index (κ3) is 11.7. The molecule has 0 unspecified atom stereocenters. The Labute approximate surface area is 348 Å². The van der Waals surface area contributed by atoms with Crippen molar-refractivity contribution in [3.63, 3.8) is 0 Å². The summed E-state index contributed by atoms with van der Waals surface area (Å²) in [5, 5.41) is 23.5. The summed E-state index contributed by atoms with van der Waals surface area (Å²) in [6, 6.07) is 30.3. The summed E-state index contributed by atoms with van der Waals surface area (Å²) < 4.78 is 0. The maximum atomic E-state index is 14.3. The molecule has 312 valence electrons. The van der Waals surface area contributed by atoms with Crippen LogP contribution in [0.25, 0.3) is 0 Å². The highest BCUT2D eigenvalue weighted by atomic mass is 16.3. The molecule has 60 heavy (non-hydrogen) atoms. The fraction of sp³-hybridized carbons (Fsp3) is 0.283. The van der Waals surface area contributed by atoms with E-state index in [0.717, 1.165) is 16.7 Å². The molecule has 3 atom stereocenters. The molecule has 0 spiro atoms. The Balaban J connectivity index is 1.23. The largest absolute Gasteiger partial charge is 0.508 e. The van der Waals surface area contributed by atoms with Crippen LogP contribution in [0.1, 0.15) is 69.1 Å². The summed E-state index contributed by atoms with van der Waals surface area (Å²) in [6.45, 7) is 3.21. The Morgan fingerprint density at radius 1 is 0.583 bits per heavy atom. The van der Waals surface area contributed by atoms with Crippen LogP contribution in [0.2, 0.25) is 0 Å². The fourth-order valence-electron chi connectivity index (χ4n) is 6.85. The van der Waals surface area contributed by atoms with Gasteiger partial charge in [0.2, 0.25) is 29.5 Å². The van der Waals surface area contributed by atoms with Crippen molar-refractivity contribution in [2.45, 2.75) is 76.0 Å². The Hall–Kier alpha value is -7.09. The highest BCUT2D eigenvalue weighted by molar-refractivity contribution is 6.12. The first kappa shape index (κ1) is 44.0. The molecular weight excluding hydrogens is 765 g/mol. The average Bonchev–Trinajstić information content (AvgIpc) is 3.57. The predicted octanol–water partition coefficient (Wildman–Crippen LogP) is 4.20. The molecule has 0 saturated heterocycles. The summed E-state index contributed by atoms with van der Waals surface area (Å²) in [6.07, 6.45) is 4.66. The Morgan fingerprint density at radius 3 is 1.60 bits per heavy atom. The molecule has 1 heterocycles. The Kier molecular flexibility index (Phi) is 15.5. The number of phenols is 1. The number of unbranched alkanes of at least 4 members (excludes halogenated alkanes) is 3. The summed E-state index contributed by atoms with van der Waals surface area (Å²) in [4.78, 5) is 91.9. The van der Waals surface area contributed by atoms with Crippen LogP contribution >= 0.6 is 0 Å². The minimum atomic E-state index is -1.42. The third-order valence-corrected chi connectivity index (χ3v) is 10.1. The number of carbonyl (C=O) groups is 7. The van der Waals surface area contributed by atoms with Crippen LogP contribution in [0, 0.1) is 0 Å². The molecule has 7 amide bonds. The van der Waals surface area contributed by atoms with Crippen LogP contribution in [-0.4, -0.2) is 76.0 Å². The highest BCUT2D eigenvalue weighted by Crippen LogP contribution is 2.37. The van der Waals surface area contributed by atoms with Crippen LogP contribution in [0.15, 0.2) is 127 Å². The SMILES string of the molecule is C[C@H](NC(=O)CCCCCCN1C(=O)C=CC1=O)C(=O)N[C@@H](C)C(=O)N[C@@H](CC(=O)NC(c1ccccc1)(c1ccccc1)c1ccccc1)C(=O)Nc1ccc(O)cc1. The number of amides is 7. The maximum Gasteiger partial charge on any atom is 0.253 e. The standard InChI is InChI=1S/C46H50N6O8/c1-31(47-39(54)22-14-3-4-15-29-52-41(56)27-28-42(52)57)43(58)48-32(2)44(59)50-38(45(60)49-36-23-25-37(53)26-24-36)30-40(55)51-46(33-16-8-5-9-17-33,34-18-10-6-11-19-34)35-20-12-7-13-21-35/h5-13,16-21,23-28,31-32,38,53H,3-4,14-15,22,29-30H2,1-2H3,(H,47,54)(H,48,58)(H,49,60)(H,50,59)(H,51,55)/t31-,32-,38-/m0/s1. The lowest BCUT2D eigenvalue weighted by molar-refractivity contribution is -0.137. The van der Waals surface area contributed by atoms with Gasteiger partial charge in [-0.05, 0) is 67.6 Å². The molecule has 5 rings (SSSR count). The van der Waals surface area contributed by atoms with Crippen LogP contribution in [-0.2, 0) is 39.1 Å². The monoisotopic (exact) mass is 814 g/mol. The minimum absolute atomic E-state index is 0.0213. The molecule has 14 heteroatoms.